The highest BCUT2D eigenvalue weighted by Gasteiger charge is 2.37. The summed E-state index contributed by atoms with van der Waals surface area (Å²) in [6.07, 6.45) is -1.34. The van der Waals surface area contributed by atoms with E-state index in [-0.39, 0.29) is 44.2 Å². The number of carbonyl (C=O) groups is 3. The van der Waals surface area contributed by atoms with Crippen LogP contribution in [-0.2, 0) is 21.8 Å². The number of phenols is 1. The van der Waals surface area contributed by atoms with Crippen molar-refractivity contribution in [1.29, 1.82) is 0 Å². The lowest BCUT2D eigenvalue weighted by molar-refractivity contribution is -0.138. The SMILES string of the molecule is Cc1cccc2[nH]cc(C(=O)Nc3cc(O)c(C(C)(C)C)cc3C(C)(C)C)c(=O)c12.O=C(Nc1ccc(N2CCC[C@H]2C(=O)O)cc1C(F)(F)F)c1c[nH]c2ccccc2c1=O. The third kappa shape index (κ3) is 9.21. The standard InChI is InChI=1S/C25H30N2O3.C22H18F3N3O4/c1-14-9-8-10-18-21(14)22(29)15(13-26-18)23(30)27-19-12-20(28)17(25(5,6)7)11-16(19)24(2,3)4;23-22(24,25)15-10-12(28-9-3-6-18(28)21(31)32)7-8-17(15)27-20(30)14-11-26-16-5-2-1-4-13(16)19(14)29/h8-13,28H,1-7H3,(H,26,29)(H,27,30);1-2,4-5,7-8,10-11,18H,3,6,9H2,(H,26,29)(H,27,30)(H,31,32)/t;18-/m.0/s1. The molecule has 6 N–H and O–H groups in total. The molecule has 4 aromatic carbocycles. The summed E-state index contributed by atoms with van der Waals surface area (Å²) < 4.78 is 41.3. The van der Waals surface area contributed by atoms with Gasteiger partial charge < -0.3 is 35.7 Å². The number of phenolic OH excluding ortho intramolecular Hbond substituents is 1. The fourth-order valence-corrected chi connectivity index (χ4v) is 7.62. The zero-order valence-corrected chi connectivity index (χ0v) is 35.3. The molecular formula is C47H48F3N5O7. The number of H-pyrrole nitrogens is 2. The fourth-order valence-electron chi connectivity index (χ4n) is 7.62. The Hall–Kier alpha value is -6.90. The van der Waals surface area contributed by atoms with Crippen LogP contribution < -0.4 is 26.4 Å². The first kappa shape index (κ1) is 44.6. The van der Waals surface area contributed by atoms with Gasteiger partial charge in [-0.25, -0.2) is 4.79 Å². The third-order valence-corrected chi connectivity index (χ3v) is 10.8. The van der Waals surface area contributed by atoms with Crippen molar-refractivity contribution < 1.29 is 37.8 Å². The van der Waals surface area contributed by atoms with E-state index in [9.17, 15) is 47.4 Å². The van der Waals surface area contributed by atoms with Gasteiger partial charge in [-0.15, -0.1) is 0 Å². The number of aryl methyl sites for hydroxylation is 1. The number of carboxylic acids is 1. The van der Waals surface area contributed by atoms with Crippen LogP contribution in [0.1, 0.15) is 97.4 Å². The number of benzene rings is 4. The maximum Gasteiger partial charge on any atom is 0.418 e. The van der Waals surface area contributed by atoms with Crippen LogP contribution in [0.2, 0.25) is 0 Å². The van der Waals surface area contributed by atoms with Gasteiger partial charge in [-0.3, -0.25) is 19.2 Å². The van der Waals surface area contributed by atoms with Crippen LogP contribution in [0, 0.1) is 6.92 Å². The molecule has 6 aromatic rings. The highest BCUT2D eigenvalue weighted by atomic mass is 19.4. The molecule has 2 aromatic heterocycles. The lowest BCUT2D eigenvalue weighted by Crippen LogP contribution is -2.36. The number of hydrogen-bond acceptors (Lipinski definition) is 7. The van der Waals surface area contributed by atoms with Crippen LogP contribution in [0.3, 0.4) is 0 Å². The average Bonchev–Trinajstić information content (AvgIpc) is 3.68. The van der Waals surface area contributed by atoms with Crippen LogP contribution >= 0.6 is 0 Å². The first-order valence-corrected chi connectivity index (χ1v) is 19.9. The highest BCUT2D eigenvalue weighted by Crippen LogP contribution is 2.41. The number of pyridine rings is 2. The molecule has 0 spiro atoms. The van der Waals surface area contributed by atoms with Crippen molar-refractivity contribution in [2.24, 2.45) is 0 Å². The minimum Gasteiger partial charge on any atom is -0.508 e. The predicted octanol–water partition coefficient (Wildman–Crippen LogP) is 9.24. The quantitative estimate of drug-likeness (QED) is 0.0958. The van der Waals surface area contributed by atoms with Crippen molar-refractivity contribution in [2.75, 3.05) is 22.1 Å². The molecule has 1 saturated heterocycles. The lowest BCUT2D eigenvalue weighted by atomic mass is 9.79. The fraction of sp³-hybridized carbons (Fsp3) is 0.298. The van der Waals surface area contributed by atoms with Gasteiger partial charge in [-0.1, -0.05) is 65.8 Å². The molecule has 0 saturated carbocycles. The Labute approximate surface area is 354 Å². The molecule has 1 aliphatic heterocycles. The van der Waals surface area contributed by atoms with Crippen molar-refractivity contribution in [3.05, 3.63) is 139 Å². The molecule has 15 heteroatoms. The van der Waals surface area contributed by atoms with E-state index in [0.717, 1.165) is 35.0 Å². The molecule has 0 bridgehead atoms. The Bertz CT molecular complexity index is 2850. The summed E-state index contributed by atoms with van der Waals surface area (Å²) in [5.41, 5.74) is 0.919. The molecule has 3 heterocycles. The number of alkyl halides is 3. The number of anilines is 3. The number of aromatic amines is 2. The second kappa shape index (κ2) is 16.9. The van der Waals surface area contributed by atoms with Gasteiger partial charge in [-0.2, -0.15) is 13.2 Å². The number of para-hydroxylation sites is 1. The van der Waals surface area contributed by atoms with E-state index in [1.165, 1.54) is 23.2 Å². The van der Waals surface area contributed by atoms with Gasteiger partial charge in [0.05, 0.1) is 11.3 Å². The molecule has 1 aliphatic rings. The Balaban J connectivity index is 0.000000207. The van der Waals surface area contributed by atoms with Gasteiger partial charge in [0.2, 0.25) is 10.9 Å². The number of aromatic nitrogens is 2. The molecule has 324 valence electrons. The zero-order chi connectivity index (χ0) is 45.5. The van der Waals surface area contributed by atoms with E-state index in [0.29, 0.717) is 41.5 Å². The van der Waals surface area contributed by atoms with E-state index in [1.54, 1.807) is 24.3 Å². The van der Waals surface area contributed by atoms with Crippen LogP contribution in [0.25, 0.3) is 21.8 Å². The average molecular weight is 852 g/mol. The summed E-state index contributed by atoms with van der Waals surface area (Å²) in [5.74, 6) is -2.48. The summed E-state index contributed by atoms with van der Waals surface area (Å²) >= 11 is 0. The van der Waals surface area contributed by atoms with Gasteiger partial charge in [0.15, 0.2) is 0 Å². The molecule has 0 radical (unpaired) electrons. The largest absolute Gasteiger partial charge is 0.508 e. The van der Waals surface area contributed by atoms with Crippen LogP contribution in [0.4, 0.5) is 30.2 Å². The summed E-state index contributed by atoms with van der Waals surface area (Å²) in [5, 5.41) is 25.7. The number of aromatic hydroxyl groups is 1. The van der Waals surface area contributed by atoms with Crippen molar-refractivity contribution in [3.8, 4) is 5.75 Å². The van der Waals surface area contributed by atoms with Gasteiger partial charge in [0.1, 0.15) is 22.9 Å². The number of carboxylic acid groups (broad SMARTS) is 1. The molecule has 1 atom stereocenters. The normalized spacial score (nSPS) is 14.4. The predicted molar refractivity (Wildman–Crippen MR) is 235 cm³/mol. The van der Waals surface area contributed by atoms with E-state index >= 15 is 0 Å². The lowest BCUT2D eigenvalue weighted by Gasteiger charge is -2.28. The Kier molecular flexibility index (Phi) is 12.1. The van der Waals surface area contributed by atoms with E-state index in [2.05, 4.69) is 20.6 Å². The molecule has 2 amide bonds. The van der Waals surface area contributed by atoms with Crippen molar-refractivity contribution >= 4 is 56.7 Å². The van der Waals surface area contributed by atoms with E-state index < -0.39 is 46.7 Å². The second-order valence-electron chi connectivity index (χ2n) is 17.3. The van der Waals surface area contributed by atoms with E-state index in [1.807, 2.05) is 72.7 Å². The third-order valence-electron chi connectivity index (χ3n) is 10.8. The molecule has 12 nitrogen and oxygen atoms in total. The summed E-state index contributed by atoms with van der Waals surface area (Å²) in [7, 11) is 0. The van der Waals surface area contributed by atoms with Crippen LogP contribution in [-0.4, -0.2) is 50.6 Å². The molecule has 7 rings (SSSR count). The molecule has 0 unspecified atom stereocenters. The molecule has 62 heavy (non-hydrogen) atoms. The number of carbonyl (C=O) groups excluding carboxylic acids is 2. The maximum atomic E-state index is 13.8. The number of amides is 2. The van der Waals surface area contributed by atoms with Crippen LogP contribution in [0.15, 0.2) is 94.8 Å². The molecule has 0 aliphatic carbocycles. The first-order chi connectivity index (χ1) is 29.0. The maximum absolute atomic E-state index is 13.8. The van der Waals surface area contributed by atoms with Gasteiger partial charge in [-0.05, 0) is 89.8 Å². The summed E-state index contributed by atoms with van der Waals surface area (Å²) in [6.45, 7) is 14.4. The number of nitrogens with zero attached hydrogens (tertiary/aromatic N) is 1. The van der Waals surface area contributed by atoms with Gasteiger partial charge >= 0.3 is 12.1 Å². The van der Waals surface area contributed by atoms with Crippen molar-refractivity contribution in [1.82, 2.24) is 9.97 Å². The van der Waals surface area contributed by atoms with E-state index in [4.69, 9.17) is 0 Å². The number of nitrogens with one attached hydrogen (secondary N) is 4. The number of rotatable bonds is 6. The minimum atomic E-state index is -4.81. The summed E-state index contributed by atoms with van der Waals surface area (Å²) in [6, 6.07) is 17.8. The topological polar surface area (TPSA) is 185 Å². The summed E-state index contributed by atoms with van der Waals surface area (Å²) in [4.78, 5) is 69.9. The molecule has 1 fully saturated rings. The second-order valence-corrected chi connectivity index (χ2v) is 17.3. The molecular weight excluding hydrogens is 804 g/mol. The first-order valence-electron chi connectivity index (χ1n) is 19.9. The van der Waals surface area contributed by atoms with Gasteiger partial charge in [0, 0.05) is 58.2 Å². The van der Waals surface area contributed by atoms with Crippen molar-refractivity contribution in [2.45, 2.75) is 84.4 Å². The number of fused-ring (bicyclic) bond motifs is 2. The number of hydrogen-bond donors (Lipinski definition) is 6. The van der Waals surface area contributed by atoms with Gasteiger partial charge in [0.25, 0.3) is 11.8 Å². The Morgan fingerprint density at radius 2 is 1.32 bits per heavy atom. The van der Waals surface area contributed by atoms with Crippen molar-refractivity contribution in [3.63, 3.8) is 0 Å². The monoisotopic (exact) mass is 851 g/mol. The minimum absolute atomic E-state index is 0.0380. The smallest absolute Gasteiger partial charge is 0.418 e. The highest BCUT2D eigenvalue weighted by molar-refractivity contribution is 6.07. The van der Waals surface area contributed by atoms with Crippen LogP contribution in [0.5, 0.6) is 5.75 Å². The number of aliphatic carboxylic acids is 1. The Morgan fingerprint density at radius 1 is 0.726 bits per heavy atom. The number of halogens is 3. The Morgan fingerprint density at radius 3 is 1.95 bits per heavy atom. The zero-order valence-electron chi connectivity index (χ0n) is 35.3.